The second-order valence-electron chi connectivity index (χ2n) is 9.87. The van der Waals surface area contributed by atoms with E-state index in [0.717, 1.165) is 16.7 Å². The smallest absolute Gasteiger partial charge is 0.416 e. The molecular formula is C31H33F3N2O4S. The van der Waals surface area contributed by atoms with Crippen LogP contribution in [0.4, 0.5) is 18.9 Å². The molecule has 0 saturated heterocycles. The Labute approximate surface area is 242 Å². The standard InChI is InChI=1S/C31H33F3N2O4S/c1-21(37)40-29-25(22-12-14-23(39-3)15-13-22)20-26-27(31(32,33)34)10-7-11-28(26)36(30(29)38)17-16-35(2)18-19-41-24-8-5-4-6-9-24/h4-15,25,29H,16-20H2,1-3H3/t25?,29-/m1/s1. The average Bonchev–Trinajstić information content (AvgIpc) is 3.06. The Hall–Kier alpha value is -3.50. The van der Waals surface area contributed by atoms with Gasteiger partial charge in [-0.3, -0.25) is 9.59 Å². The van der Waals surface area contributed by atoms with Gasteiger partial charge in [0, 0.05) is 48.8 Å². The van der Waals surface area contributed by atoms with Gasteiger partial charge in [0.1, 0.15) is 5.75 Å². The number of halogens is 3. The Bertz CT molecular complexity index is 1340. The molecule has 41 heavy (non-hydrogen) atoms. The number of thioether (sulfide) groups is 1. The third kappa shape index (κ3) is 7.62. The molecule has 2 atom stereocenters. The molecule has 1 heterocycles. The summed E-state index contributed by atoms with van der Waals surface area (Å²) in [4.78, 5) is 30.7. The number of carbonyl (C=O) groups excluding carboxylic acids is 2. The second kappa shape index (κ2) is 13.4. The Balaban J connectivity index is 1.65. The number of hydrogen-bond acceptors (Lipinski definition) is 6. The number of rotatable bonds is 10. The molecule has 1 amide bonds. The molecule has 3 aromatic rings. The quantitative estimate of drug-likeness (QED) is 0.213. The van der Waals surface area contributed by atoms with E-state index in [4.69, 9.17) is 9.47 Å². The number of fused-ring (bicyclic) bond motifs is 1. The minimum atomic E-state index is -4.63. The highest BCUT2D eigenvalue weighted by Gasteiger charge is 2.44. The number of likely N-dealkylation sites (N-methyl/N-ethyl adjacent to an activating group) is 1. The SMILES string of the molecule is COc1ccc(C2Cc3c(cccc3C(F)(F)F)N(CCN(C)CCSc3ccccc3)C(=O)[C@@H]2OC(C)=O)cc1. The number of ether oxygens (including phenoxy) is 2. The molecule has 10 heteroatoms. The van der Waals surface area contributed by atoms with Crippen molar-refractivity contribution in [2.24, 2.45) is 0 Å². The van der Waals surface area contributed by atoms with E-state index < -0.39 is 35.6 Å². The molecule has 0 radical (unpaired) electrons. The first-order chi connectivity index (χ1) is 19.6. The van der Waals surface area contributed by atoms with E-state index in [1.807, 2.05) is 42.3 Å². The average molecular weight is 587 g/mol. The van der Waals surface area contributed by atoms with E-state index in [2.05, 4.69) is 0 Å². The zero-order valence-electron chi connectivity index (χ0n) is 23.2. The number of carbonyl (C=O) groups is 2. The molecule has 3 aromatic carbocycles. The summed E-state index contributed by atoms with van der Waals surface area (Å²) in [5.41, 5.74) is -0.0382. The van der Waals surface area contributed by atoms with Crippen molar-refractivity contribution in [3.05, 3.63) is 89.5 Å². The largest absolute Gasteiger partial charge is 0.497 e. The second-order valence-corrected chi connectivity index (χ2v) is 11.0. The molecule has 1 aliphatic heterocycles. The van der Waals surface area contributed by atoms with Crippen molar-refractivity contribution in [2.75, 3.05) is 44.4 Å². The molecule has 0 spiro atoms. The zero-order chi connectivity index (χ0) is 29.6. The summed E-state index contributed by atoms with van der Waals surface area (Å²) in [6.45, 7) is 2.45. The topological polar surface area (TPSA) is 59.1 Å². The minimum Gasteiger partial charge on any atom is -0.497 e. The van der Waals surface area contributed by atoms with Gasteiger partial charge in [0.05, 0.1) is 12.7 Å². The summed E-state index contributed by atoms with van der Waals surface area (Å²) in [5, 5.41) is 0. The van der Waals surface area contributed by atoms with E-state index in [1.165, 1.54) is 31.1 Å². The van der Waals surface area contributed by atoms with Crippen molar-refractivity contribution in [1.82, 2.24) is 4.90 Å². The van der Waals surface area contributed by atoms with E-state index in [1.54, 1.807) is 36.0 Å². The maximum atomic E-state index is 14.2. The molecule has 1 aliphatic rings. The van der Waals surface area contributed by atoms with Crippen LogP contribution in [-0.2, 0) is 26.9 Å². The molecule has 0 bridgehead atoms. The van der Waals surface area contributed by atoms with Crippen LogP contribution in [-0.4, -0.2) is 62.4 Å². The molecule has 0 saturated carbocycles. The van der Waals surface area contributed by atoms with Crippen molar-refractivity contribution in [2.45, 2.75) is 36.4 Å². The lowest BCUT2D eigenvalue weighted by molar-refractivity contribution is -0.154. The first-order valence-electron chi connectivity index (χ1n) is 13.3. The summed E-state index contributed by atoms with van der Waals surface area (Å²) in [7, 11) is 3.41. The predicted molar refractivity (Wildman–Crippen MR) is 153 cm³/mol. The highest BCUT2D eigenvalue weighted by Crippen LogP contribution is 2.43. The van der Waals surface area contributed by atoms with Gasteiger partial charge in [-0.1, -0.05) is 36.4 Å². The summed E-state index contributed by atoms with van der Waals surface area (Å²) < 4.78 is 53.5. The van der Waals surface area contributed by atoms with Crippen LogP contribution >= 0.6 is 11.8 Å². The van der Waals surface area contributed by atoms with Crippen LogP contribution in [0, 0.1) is 0 Å². The van der Waals surface area contributed by atoms with E-state index in [0.29, 0.717) is 24.4 Å². The van der Waals surface area contributed by atoms with Crippen LogP contribution in [0.3, 0.4) is 0 Å². The lowest BCUT2D eigenvalue weighted by Crippen LogP contribution is -2.46. The van der Waals surface area contributed by atoms with Crippen molar-refractivity contribution >= 4 is 29.3 Å². The van der Waals surface area contributed by atoms with E-state index >= 15 is 0 Å². The molecule has 218 valence electrons. The molecule has 4 rings (SSSR count). The number of alkyl halides is 3. The van der Waals surface area contributed by atoms with Crippen LogP contribution in [0.2, 0.25) is 0 Å². The van der Waals surface area contributed by atoms with Gasteiger partial charge in [-0.05, 0) is 61.0 Å². The van der Waals surface area contributed by atoms with Crippen LogP contribution in [0.25, 0.3) is 0 Å². The lowest BCUT2D eigenvalue weighted by Gasteiger charge is -2.29. The maximum absolute atomic E-state index is 14.2. The maximum Gasteiger partial charge on any atom is 0.416 e. The summed E-state index contributed by atoms with van der Waals surface area (Å²) in [5.74, 6) is -0.697. The van der Waals surface area contributed by atoms with Gasteiger partial charge < -0.3 is 19.3 Å². The normalized spacial score (nSPS) is 17.2. The van der Waals surface area contributed by atoms with Crippen LogP contribution in [0.5, 0.6) is 5.75 Å². The third-order valence-corrected chi connectivity index (χ3v) is 8.07. The molecule has 0 N–H and O–H groups in total. The number of esters is 1. The fraction of sp³-hybridized carbons (Fsp3) is 0.355. The van der Waals surface area contributed by atoms with Gasteiger partial charge in [0.15, 0.2) is 6.10 Å². The van der Waals surface area contributed by atoms with Crippen molar-refractivity contribution < 1.29 is 32.2 Å². The third-order valence-electron chi connectivity index (χ3n) is 7.07. The molecule has 0 aromatic heterocycles. The number of hydrogen-bond donors (Lipinski definition) is 0. The molecular weight excluding hydrogens is 553 g/mol. The Kier molecular flexibility index (Phi) is 9.99. The Morgan fingerprint density at radius 3 is 2.37 bits per heavy atom. The number of nitrogens with zero attached hydrogens (tertiary/aromatic N) is 2. The van der Waals surface area contributed by atoms with Gasteiger partial charge in [-0.2, -0.15) is 13.2 Å². The number of anilines is 1. The monoisotopic (exact) mass is 586 g/mol. The predicted octanol–water partition coefficient (Wildman–Crippen LogP) is 6.04. The highest BCUT2D eigenvalue weighted by atomic mass is 32.2. The fourth-order valence-electron chi connectivity index (χ4n) is 4.98. The number of methoxy groups -OCH3 is 1. The molecule has 1 unspecified atom stereocenters. The van der Waals surface area contributed by atoms with Gasteiger partial charge in [0.25, 0.3) is 5.91 Å². The zero-order valence-corrected chi connectivity index (χ0v) is 24.0. The van der Waals surface area contributed by atoms with Crippen molar-refractivity contribution in [1.29, 1.82) is 0 Å². The van der Waals surface area contributed by atoms with Crippen molar-refractivity contribution in [3.8, 4) is 5.75 Å². The molecule has 6 nitrogen and oxygen atoms in total. The lowest BCUT2D eigenvalue weighted by atomic mass is 9.86. The Morgan fingerprint density at radius 2 is 1.73 bits per heavy atom. The van der Waals surface area contributed by atoms with Gasteiger partial charge in [-0.15, -0.1) is 11.8 Å². The first-order valence-corrected chi connectivity index (χ1v) is 14.2. The van der Waals surface area contributed by atoms with Gasteiger partial charge >= 0.3 is 12.1 Å². The summed E-state index contributed by atoms with van der Waals surface area (Å²) in [6.07, 6.45) is -6.06. The fourth-order valence-corrected chi connectivity index (χ4v) is 5.97. The molecule has 0 fully saturated rings. The summed E-state index contributed by atoms with van der Waals surface area (Å²) in [6, 6.07) is 20.6. The van der Waals surface area contributed by atoms with Crippen LogP contribution in [0.15, 0.2) is 77.7 Å². The van der Waals surface area contributed by atoms with Gasteiger partial charge in [0.2, 0.25) is 0 Å². The van der Waals surface area contributed by atoms with E-state index in [-0.39, 0.29) is 24.2 Å². The van der Waals surface area contributed by atoms with E-state index in [9.17, 15) is 22.8 Å². The summed E-state index contributed by atoms with van der Waals surface area (Å²) >= 11 is 1.70. The van der Waals surface area contributed by atoms with Crippen molar-refractivity contribution in [3.63, 3.8) is 0 Å². The highest BCUT2D eigenvalue weighted by molar-refractivity contribution is 7.99. The van der Waals surface area contributed by atoms with Gasteiger partial charge in [-0.25, -0.2) is 0 Å². The minimum absolute atomic E-state index is 0.00565. The number of benzene rings is 3. The first kappa shape index (κ1) is 30.5. The van der Waals surface area contributed by atoms with Crippen LogP contribution < -0.4 is 9.64 Å². The molecule has 0 aliphatic carbocycles. The Morgan fingerprint density at radius 1 is 1.02 bits per heavy atom. The number of amides is 1. The van der Waals surface area contributed by atoms with Crippen LogP contribution in [0.1, 0.15) is 29.5 Å².